The van der Waals surface area contributed by atoms with Crippen LogP contribution in [0.5, 0.6) is 5.75 Å². The molecule has 2 saturated carbocycles. The number of ether oxygens (including phenoxy) is 2. The summed E-state index contributed by atoms with van der Waals surface area (Å²) < 4.78 is 69.8. The van der Waals surface area contributed by atoms with E-state index >= 15 is 0 Å². The van der Waals surface area contributed by atoms with E-state index in [1.807, 2.05) is 19.1 Å². The van der Waals surface area contributed by atoms with Gasteiger partial charge >= 0.3 is 5.97 Å². The maximum atomic E-state index is 14.9. The maximum Gasteiger partial charge on any atom is 0.309 e. The summed E-state index contributed by atoms with van der Waals surface area (Å²) in [6.45, 7) is 3.92. The van der Waals surface area contributed by atoms with Crippen LogP contribution in [0.25, 0.3) is 5.57 Å². The first-order chi connectivity index (χ1) is 21.8. The van der Waals surface area contributed by atoms with E-state index < -0.39 is 23.3 Å². The summed E-state index contributed by atoms with van der Waals surface area (Å²) in [4.78, 5) is 13.0. The van der Waals surface area contributed by atoms with Crippen molar-refractivity contribution < 1.29 is 31.8 Å². The monoisotopic (exact) mass is 626 g/mol. The molecule has 2 fully saturated rings. The zero-order valence-corrected chi connectivity index (χ0v) is 26.6. The molecule has 3 nitrogen and oxygen atoms in total. The Kier molecular flexibility index (Phi) is 11.4. The molecule has 0 amide bonds. The highest BCUT2D eigenvalue weighted by atomic mass is 19.2. The molecule has 0 saturated heterocycles. The molecule has 5 rings (SSSR count). The summed E-state index contributed by atoms with van der Waals surface area (Å²) in [5, 5.41) is 0. The number of esters is 1. The first-order valence-corrected chi connectivity index (χ1v) is 16.9. The number of allylic oxidation sites excluding steroid dienone is 4. The van der Waals surface area contributed by atoms with Crippen molar-refractivity contribution in [2.75, 3.05) is 6.61 Å². The largest absolute Gasteiger partial charge is 0.491 e. The molecule has 0 bridgehead atoms. The van der Waals surface area contributed by atoms with E-state index in [-0.39, 0.29) is 36.3 Å². The first-order valence-electron chi connectivity index (χ1n) is 16.9. The molecule has 0 heterocycles. The number of benzene rings is 2. The van der Waals surface area contributed by atoms with Gasteiger partial charge in [0.1, 0.15) is 6.10 Å². The predicted molar refractivity (Wildman–Crippen MR) is 169 cm³/mol. The van der Waals surface area contributed by atoms with Crippen molar-refractivity contribution in [3.8, 4) is 5.75 Å². The Bertz CT molecular complexity index is 1380. The second kappa shape index (κ2) is 15.5. The fourth-order valence-corrected chi connectivity index (χ4v) is 7.67. The third kappa shape index (κ3) is 7.84. The van der Waals surface area contributed by atoms with Crippen molar-refractivity contribution >= 4 is 11.5 Å². The molecule has 1 unspecified atom stereocenters. The number of carbonyl (C=O) groups is 1. The normalized spacial score (nSPS) is 25.6. The van der Waals surface area contributed by atoms with Gasteiger partial charge < -0.3 is 9.47 Å². The number of halogens is 4. The molecule has 3 aliphatic rings. The van der Waals surface area contributed by atoms with Crippen LogP contribution in [0, 0.1) is 41.0 Å². The Balaban J connectivity index is 1.06. The molecule has 0 spiro atoms. The van der Waals surface area contributed by atoms with Crippen molar-refractivity contribution in [2.24, 2.45) is 17.8 Å². The van der Waals surface area contributed by atoms with Gasteiger partial charge in [0, 0.05) is 5.56 Å². The lowest BCUT2D eigenvalue weighted by Crippen LogP contribution is -2.31. The van der Waals surface area contributed by atoms with Gasteiger partial charge in [0.05, 0.1) is 12.5 Å². The molecule has 2 aromatic carbocycles. The Morgan fingerprint density at radius 1 is 0.844 bits per heavy atom. The number of hydrogen-bond acceptors (Lipinski definition) is 3. The minimum atomic E-state index is -0.930. The maximum absolute atomic E-state index is 14.9. The third-order valence-corrected chi connectivity index (χ3v) is 10.3. The van der Waals surface area contributed by atoms with Crippen LogP contribution in [0.2, 0.25) is 0 Å². The number of aryl methyl sites for hydroxylation is 1. The molecular formula is C38H46F4O3. The van der Waals surface area contributed by atoms with Crippen molar-refractivity contribution in [2.45, 2.75) is 109 Å². The fraction of sp³-hybridized carbons (Fsp3) is 0.553. The quantitative estimate of drug-likeness (QED) is 0.150. The highest BCUT2D eigenvalue weighted by Crippen LogP contribution is 2.43. The molecule has 3 aliphatic carbocycles. The van der Waals surface area contributed by atoms with Gasteiger partial charge in [-0.2, -0.15) is 4.39 Å². The van der Waals surface area contributed by atoms with Gasteiger partial charge in [-0.1, -0.05) is 30.4 Å². The van der Waals surface area contributed by atoms with Crippen molar-refractivity contribution in [1.29, 1.82) is 0 Å². The average molecular weight is 627 g/mol. The van der Waals surface area contributed by atoms with E-state index in [1.165, 1.54) is 6.07 Å². The van der Waals surface area contributed by atoms with E-state index in [4.69, 9.17) is 9.47 Å². The zero-order chi connectivity index (χ0) is 31.9. The highest BCUT2D eigenvalue weighted by molar-refractivity contribution is 5.72. The van der Waals surface area contributed by atoms with Crippen LogP contribution in [0.4, 0.5) is 17.6 Å². The van der Waals surface area contributed by atoms with E-state index in [1.54, 1.807) is 25.1 Å². The van der Waals surface area contributed by atoms with Gasteiger partial charge in [-0.15, -0.1) is 0 Å². The van der Waals surface area contributed by atoms with Crippen molar-refractivity contribution in [3.05, 3.63) is 82.5 Å². The van der Waals surface area contributed by atoms with Crippen LogP contribution in [0.15, 0.2) is 42.5 Å². The zero-order valence-electron chi connectivity index (χ0n) is 26.6. The van der Waals surface area contributed by atoms with Gasteiger partial charge in [0.25, 0.3) is 0 Å². The predicted octanol–water partition coefficient (Wildman–Crippen LogP) is 10.4. The van der Waals surface area contributed by atoms with Gasteiger partial charge in [0.15, 0.2) is 23.2 Å². The van der Waals surface area contributed by atoms with Gasteiger partial charge in [-0.05, 0) is 144 Å². The second-order valence-corrected chi connectivity index (χ2v) is 13.0. The molecule has 244 valence electrons. The topological polar surface area (TPSA) is 35.5 Å². The molecular weight excluding hydrogens is 580 g/mol. The molecule has 45 heavy (non-hydrogen) atoms. The van der Waals surface area contributed by atoms with Crippen molar-refractivity contribution in [1.82, 2.24) is 0 Å². The van der Waals surface area contributed by atoms with Crippen LogP contribution >= 0.6 is 0 Å². The summed E-state index contributed by atoms with van der Waals surface area (Å²) in [7, 11) is 0. The molecule has 0 aromatic heterocycles. The van der Waals surface area contributed by atoms with E-state index in [0.29, 0.717) is 73.5 Å². The molecule has 1 atom stereocenters. The fourth-order valence-electron chi connectivity index (χ4n) is 7.67. The van der Waals surface area contributed by atoms with Crippen LogP contribution in [0.3, 0.4) is 0 Å². The molecule has 2 aromatic rings. The van der Waals surface area contributed by atoms with Gasteiger partial charge in [0.2, 0.25) is 5.82 Å². The summed E-state index contributed by atoms with van der Waals surface area (Å²) in [6, 6.07) is 6.57. The van der Waals surface area contributed by atoms with Crippen LogP contribution in [0.1, 0.15) is 114 Å². The minimum Gasteiger partial charge on any atom is -0.491 e. The van der Waals surface area contributed by atoms with E-state index in [9.17, 15) is 22.4 Å². The summed E-state index contributed by atoms with van der Waals surface area (Å²) >= 11 is 0. The third-order valence-electron chi connectivity index (χ3n) is 10.3. The lowest BCUT2D eigenvalue weighted by molar-refractivity contribution is -0.157. The Morgan fingerprint density at radius 3 is 2.27 bits per heavy atom. The first kappa shape index (κ1) is 33.3. The average Bonchev–Trinajstić information content (AvgIpc) is 3.06. The van der Waals surface area contributed by atoms with Gasteiger partial charge in [-0.25, -0.2) is 13.2 Å². The van der Waals surface area contributed by atoms with Crippen LogP contribution in [-0.2, 0) is 16.0 Å². The minimum absolute atomic E-state index is 0.0555. The highest BCUT2D eigenvalue weighted by Gasteiger charge is 2.35. The Morgan fingerprint density at radius 2 is 1.60 bits per heavy atom. The SMILES string of the molecule is CC=CCCc1ccc(C2CCC(OC(=O)C3CCC(C4CC=C(c5ccc(OCC)c(F)c5F)CC4)CC3)CC2)c(F)c1F. The van der Waals surface area contributed by atoms with E-state index in [0.717, 1.165) is 44.1 Å². The smallest absolute Gasteiger partial charge is 0.309 e. The van der Waals surface area contributed by atoms with Crippen molar-refractivity contribution in [3.63, 3.8) is 0 Å². The molecule has 0 radical (unpaired) electrons. The summed E-state index contributed by atoms with van der Waals surface area (Å²) in [6.07, 6.45) is 15.5. The molecule has 7 heteroatoms. The summed E-state index contributed by atoms with van der Waals surface area (Å²) in [5.74, 6) is -2.60. The van der Waals surface area contributed by atoms with Gasteiger partial charge in [-0.3, -0.25) is 4.79 Å². The molecule has 0 aliphatic heterocycles. The molecule has 0 N–H and O–H groups in total. The lowest BCUT2D eigenvalue weighted by Gasteiger charge is -2.36. The number of rotatable bonds is 10. The number of carbonyl (C=O) groups excluding carboxylic acids is 1. The van der Waals surface area contributed by atoms with Crippen LogP contribution in [-0.4, -0.2) is 18.7 Å². The summed E-state index contributed by atoms with van der Waals surface area (Å²) in [5.41, 5.74) is 2.02. The Labute approximate surface area is 265 Å². The Hall–Kier alpha value is -3.09. The standard InChI is InChI=1S/C38H46F4O3/c1-3-5-6-7-28-18-21-31(35(40)34(28)39)27-16-19-30(20-17-27)45-38(43)29-14-10-25(11-15-29)24-8-12-26(13-9-24)32-22-23-33(44-4-2)37(42)36(32)41/h3,5,12,18,21-25,27,29-30H,4,6-11,13-17,19-20H2,1-2H3. The lowest BCUT2D eigenvalue weighted by atomic mass is 9.71. The number of hydrogen-bond donors (Lipinski definition) is 0. The second-order valence-electron chi connectivity index (χ2n) is 13.0. The van der Waals surface area contributed by atoms with E-state index in [2.05, 4.69) is 6.08 Å². The van der Waals surface area contributed by atoms with Crippen LogP contribution < -0.4 is 4.74 Å².